The van der Waals surface area contributed by atoms with E-state index in [2.05, 4.69) is 21.2 Å². The van der Waals surface area contributed by atoms with Crippen LogP contribution in [0.2, 0.25) is 0 Å². The number of carbonyl (C=O) groups is 1. The predicted molar refractivity (Wildman–Crippen MR) is 106 cm³/mol. The van der Waals surface area contributed by atoms with Crippen LogP contribution in [0.15, 0.2) is 57.9 Å². The van der Waals surface area contributed by atoms with E-state index in [1.807, 2.05) is 24.3 Å². The normalized spacial score (nSPS) is 15.6. The molecule has 138 valence electrons. The van der Waals surface area contributed by atoms with Gasteiger partial charge in [-0.3, -0.25) is 4.79 Å². The molecule has 2 aromatic rings. The highest BCUT2D eigenvalue weighted by Crippen LogP contribution is 2.21. The number of rotatable bonds is 5. The average molecular weight is 437 g/mol. The van der Waals surface area contributed by atoms with Crippen molar-refractivity contribution in [3.8, 4) is 0 Å². The van der Waals surface area contributed by atoms with Gasteiger partial charge in [-0.25, -0.2) is 8.42 Å². The summed E-state index contributed by atoms with van der Waals surface area (Å²) in [5, 5.41) is 2.83. The fourth-order valence-corrected chi connectivity index (χ4v) is 4.74. The Morgan fingerprint density at radius 2 is 1.58 bits per heavy atom. The van der Waals surface area contributed by atoms with Crippen molar-refractivity contribution in [1.29, 1.82) is 0 Å². The van der Waals surface area contributed by atoms with E-state index < -0.39 is 10.0 Å². The number of halogens is 1. The highest BCUT2D eigenvalue weighted by atomic mass is 79.9. The van der Waals surface area contributed by atoms with Gasteiger partial charge in [0.2, 0.25) is 15.9 Å². The number of benzene rings is 2. The van der Waals surface area contributed by atoms with E-state index in [9.17, 15) is 13.2 Å². The molecule has 0 aromatic heterocycles. The number of sulfonamides is 1. The van der Waals surface area contributed by atoms with Crippen LogP contribution in [0.5, 0.6) is 0 Å². The number of anilines is 1. The summed E-state index contributed by atoms with van der Waals surface area (Å²) < 4.78 is 27.8. The number of carbonyl (C=O) groups excluding carboxylic acids is 1. The van der Waals surface area contributed by atoms with E-state index in [-0.39, 0.29) is 17.2 Å². The van der Waals surface area contributed by atoms with E-state index in [0.29, 0.717) is 13.1 Å². The largest absolute Gasteiger partial charge is 0.326 e. The second kappa shape index (κ2) is 8.33. The zero-order valence-electron chi connectivity index (χ0n) is 14.3. The van der Waals surface area contributed by atoms with Gasteiger partial charge in [-0.15, -0.1) is 0 Å². The molecule has 0 spiro atoms. The first-order valence-electron chi connectivity index (χ1n) is 8.60. The molecule has 0 atom stereocenters. The number of nitrogens with one attached hydrogen (secondary N) is 1. The lowest BCUT2D eigenvalue weighted by atomic mass is 10.1. The Balaban J connectivity index is 1.63. The van der Waals surface area contributed by atoms with Gasteiger partial charge in [0.25, 0.3) is 0 Å². The van der Waals surface area contributed by atoms with Gasteiger partial charge in [0.05, 0.1) is 11.3 Å². The summed E-state index contributed by atoms with van der Waals surface area (Å²) in [6, 6.07) is 13.9. The third kappa shape index (κ3) is 4.72. The lowest BCUT2D eigenvalue weighted by Crippen LogP contribution is -2.35. The second-order valence-electron chi connectivity index (χ2n) is 6.34. The number of amides is 1. The minimum absolute atomic E-state index is 0.140. The van der Waals surface area contributed by atoms with Gasteiger partial charge in [0, 0.05) is 23.2 Å². The average Bonchev–Trinajstić information content (AvgIpc) is 2.65. The van der Waals surface area contributed by atoms with Crippen LogP contribution in [-0.2, 0) is 21.2 Å². The van der Waals surface area contributed by atoms with Crippen molar-refractivity contribution in [1.82, 2.24) is 4.31 Å². The van der Waals surface area contributed by atoms with E-state index in [4.69, 9.17) is 0 Å². The molecule has 0 radical (unpaired) electrons. The lowest BCUT2D eigenvalue weighted by Gasteiger charge is -2.25. The van der Waals surface area contributed by atoms with Gasteiger partial charge in [-0.2, -0.15) is 4.31 Å². The minimum Gasteiger partial charge on any atom is -0.326 e. The molecule has 0 bridgehead atoms. The fourth-order valence-electron chi connectivity index (χ4n) is 2.96. The number of piperidine rings is 1. The van der Waals surface area contributed by atoms with Gasteiger partial charge >= 0.3 is 0 Å². The fraction of sp³-hybridized carbons (Fsp3) is 0.316. The van der Waals surface area contributed by atoms with Crippen molar-refractivity contribution < 1.29 is 13.2 Å². The Morgan fingerprint density at radius 1 is 0.962 bits per heavy atom. The maximum atomic E-state index is 12.6. The summed E-state index contributed by atoms with van der Waals surface area (Å²) in [6.45, 7) is 1.17. The summed E-state index contributed by atoms with van der Waals surface area (Å²) in [7, 11) is -3.43. The lowest BCUT2D eigenvalue weighted by molar-refractivity contribution is -0.115. The zero-order valence-corrected chi connectivity index (χ0v) is 16.7. The van der Waals surface area contributed by atoms with Crippen LogP contribution in [0.25, 0.3) is 0 Å². The number of hydrogen-bond donors (Lipinski definition) is 1. The quantitative estimate of drug-likeness (QED) is 0.774. The summed E-state index contributed by atoms with van der Waals surface area (Å²) >= 11 is 3.35. The minimum atomic E-state index is -3.43. The Morgan fingerprint density at radius 3 is 2.19 bits per heavy atom. The third-order valence-corrected chi connectivity index (χ3v) is 6.81. The van der Waals surface area contributed by atoms with Crippen molar-refractivity contribution in [2.75, 3.05) is 18.4 Å². The molecular weight excluding hydrogens is 416 g/mol. The molecule has 1 amide bonds. The molecule has 1 fully saturated rings. The summed E-state index contributed by atoms with van der Waals surface area (Å²) in [5.41, 5.74) is 1.50. The molecule has 2 aromatic carbocycles. The third-order valence-electron chi connectivity index (χ3n) is 4.37. The van der Waals surface area contributed by atoms with E-state index in [1.54, 1.807) is 28.6 Å². The molecule has 0 aliphatic carbocycles. The van der Waals surface area contributed by atoms with Crippen molar-refractivity contribution in [3.63, 3.8) is 0 Å². The molecule has 26 heavy (non-hydrogen) atoms. The highest BCUT2D eigenvalue weighted by Gasteiger charge is 2.25. The molecule has 1 aliphatic heterocycles. The molecule has 7 heteroatoms. The maximum absolute atomic E-state index is 12.6. The van der Waals surface area contributed by atoms with Gasteiger partial charge < -0.3 is 5.32 Å². The SMILES string of the molecule is O=C(Cc1ccc(S(=O)(=O)N2CCCCC2)cc1)Nc1ccc(Br)cc1. The van der Waals surface area contributed by atoms with Crippen LogP contribution >= 0.6 is 15.9 Å². The molecule has 1 N–H and O–H groups in total. The zero-order chi connectivity index (χ0) is 18.6. The van der Waals surface area contributed by atoms with Gasteiger partial charge in [0.1, 0.15) is 0 Å². The van der Waals surface area contributed by atoms with Gasteiger partial charge in [-0.1, -0.05) is 34.5 Å². The Bertz CT molecular complexity index is 859. The van der Waals surface area contributed by atoms with Crippen molar-refractivity contribution in [3.05, 3.63) is 58.6 Å². The summed E-state index contributed by atoms with van der Waals surface area (Å²) in [5.74, 6) is -0.140. The molecule has 1 saturated heterocycles. The first-order chi connectivity index (χ1) is 12.4. The van der Waals surface area contributed by atoms with Crippen molar-refractivity contribution in [2.45, 2.75) is 30.6 Å². The van der Waals surface area contributed by atoms with Crippen LogP contribution in [0.3, 0.4) is 0 Å². The van der Waals surface area contributed by atoms with Crippen molar-refractivity contribution in [2.24, 2.45) is 0 Å². The number of hydrogen-bond acceptors (Lipinski definition) is 3. The van der Waals surface area contributed by atoms with Gasteiger partial charge in [0.15, 0.2) is 0 Å². The summed E-state index contributed by atoms with van der Waals surface area (Å²) in [4.78, 5) is 12.4. The van der Waals surface area contributed by atoms with Crippen LogP contribution < -0.4 is 5.32 Å². The predicted octanol–water partition coefficient (Wildman–Crippen LogP) is 3.80. The van der Waals surface area contributed by atoms with Crippen molar-refractivity contribution >= 4 is 37.5 Å². The maximum Gasteiger partial charge on any atom is 0.243 e. The highest BCUT2D eigenvalue weighted by molar-refractivity contribution is 9.10. The monoisotopic (exact) mass is 436 g/mol. The van der Waals surface area contributed by atoms with Crippen LogP contribution in [0.1, 0.15) is 24.8 Å². The Kier molecular flexibility index (Phi) is 6.11. The van der Waals surface area contributed by atoms with E-state index in [1.165, 1.54) is 0 Å². The molecule has 0 saturated carbocycles. The number of nitrogens with zero attached hydrogens (tertiary/aromatic N) is 1. The molecular formula is C19H21BrN2O3S. The summed E-state index contributed by atoms with van der Waals surface area (Å²) in [6.07, 6.45) is 3.10. The first kappa shape index (κ1) is 19.1. The van der Waals surface area contributed by atoms with E-state index in [0.717, 1.165) is 35.0 Å². The molecule has 3 rings (SSSR count). The second-order valence-corrected chi connectivity index (χ2v) is 9.19. The van der Waals surface area contributed by atoms with Crippen LogP contribution in [-0.4, -0.2) is 31.7 Å². The molecule has 1 aliphatic rings. The first-order valence-corrected chi connectivity index (χ1v) is 10.8. The standard InChI is InChI=1S/C19H21BrN2O3S/c20-16-6-8-17(9-7-16)21-19(23)14-15-4-10-18(11-5-15)26(24,25)22-12-2-1-3-13-22/h4-11H,1-3,12-14H2,(H,21,23). The Labute approximate surface area is 162 Å². The molecule has 0 unspecified atom stereocenters. The topological polar surface area (TPSA) is 66.5 Å². The van der Waals surface area contributed by atoms with Crippen LogP contribution in [0.4, 0.5) is 5.69 Å². The van der Waals surface area contributed by atoms with Gasteiger partial charge in [-0.05, 0) is 54.8 Å². The molecule has 1 heterocycles. The van der Waals surface area contributed by atoms with E-state index >= 15 is 0 Å². The van der Waals surface area contributed by atoms with Crippen LogP contribution in [0, 0.1) is 0 Å². The smallest absolute Gasteiger partial charge is 0.243 e. The molecule has 5 nitrogen and oxygen atoms in total. The Hall–Kier alpha value is -1.70.